The van der Waals surface area contributed by atoms with Crippen LogP contribution in [0.3, 0.4) is 0 Å². The first kappa shape index (κ1) is 11.5. The molecule has 90 valence electrons. The molecule has 0 bridgehead atoms. The Hall–Kier alpha value is -1.61. The summed E-state index contributed by atoms with van der Waals surface area (Å²) in [6.07, 6.45) is 0. The van der Waals surface area contributed by atoms with Gasteiger partial charge in [-0.05, 0) is 30.2 Å². The maximum absolute atomic E-state index is 4.65. The molecular formula is C15H13BrN2. The lowest BCUT2D eigenvalue weighted by atomic mass is 10.1. The second-order valence-corrected chi connectivity index (χ2v) is 4.95. The number of H-pyrrole nitrogens is 1. The number of aromatic nitrogens is 2. The van der Waals surface area contributed by atoms with Gasteiger partial charge in [0, 0.05) is 10.9 Å². The van der Waals surface area contributed by atoms with Crippen molar-refractivity contribution in [1.82, 2.24) is 9.97 Å². The summed E-state index contributed by atoms with van der Waals surface area (Å²) in [6, 6.07) is 14.6. The van der Waals surface area contributed by atoms with Gasteiger partial charge in [0.2, 0.25) is 0 Å². The highest BCUT2D eigenvalue weighted by Crippen LogP contribution is 2.24. The van der Waals surface area contributed by atoms with Gasteiger partial charge in [0.25, 0.3) is 0 Å². The number of nitrogens with zero attached hydrogens (tertiary/aromatic N) is 1. The van der Waals surface area contributed by atoms with E-state index >= 15 is 0 Å². The second kappa shape index (κ2) is 4.58. The molecule has 1 heterocycles. The molecular weight excluding hydrogens is 288 g/mol. The Morgan fingerprint density at radius 3 is 2.78 bits per heavy atom. The Morgan fingerprint density at radius 1 is 1.17 bits per heavy atom. The molecule has 3 heteroatoms. The van der Waals surface area contributed by atoms with Crippen molar-refractivity contribution in [2.45, 2.75) is 12.3 Å². The third-order valence-electron chi connectivity index (χ3n) is 3.10. The van der Waals surface area contributed by atoms with Crippen molar-refractivity contribution in [3.63, 3.8) is 0 Å². The molecule has 0 radical (unpaired) electrons. The SMILES string of the molecule is Cc1ccccc1-c1nc2ccc(CBr)cc2[nH]1. The molecule has 0 aliphatic carbocycles. The van der Waals surface area contributed by atoms with E-state index < -0.39 is 0 Å². The quantitative estimate of drug-likeness (QED) is 0.697. The van der Waals surface area contributed by atoms with Gasteiger partial charge in [-0.2, -0.15) is 0 Å². The van der Waals surface area contributed by atoms with E-state index in [0.717, 1.165) is 27.8 Å². The average Bonchev–Trinajstić information content (AvgIpc) is 2.81. The lowest BCUT2D eigenvalue weighted by Gasteiger charge is -2.00. The molecule has 0 spiro atoms. The fourth-order valence-electron chi connectivity index (χ4n) is 2.11. The number of nitrogens with one attached hydrogen (secondary N) is 1. The molecule has 0 saturated heterocycles. The van der Waals surface area contributed by atoms with Crippen molar-refractivity contribution < 1.29 is 0 Å². The predicted molar refractivity (Wildman–Crippen MR) is 78.9 cm³/mol. The van der Waals surface area contributed by atoms with Crippen LogP contribution in [0.25, 0.3) is 22.4 Å². The number of benzene rings is 2. The van der Waals surface area contributed by atoms with E-state index in [4.69, 9.17) is 0 Å². The molecule has 3 rings (SSSR count). The summed E-state index contributed by atoms with van der Waals surface area (Å²) >= 11 is 3.47. The molecule has 0 fully saturated rings. The molecule has 0 aliphatic rings. The van der Waals surface area contributed by atoms with Crippen LogP contribution in [0.2, 0.25) is 0 Å². The minimum absolute atomic E-state index is 0.863. The number of alkyl halides is 1. The van der Waals surface area contributed by atoms with Crippen LogP contribution in [-0.4, -0.2) is 9.97 Å². The smallest absolute Gasteiger partial charge is 0.138 e. The number of rotatable bonds is 2. The molecule has 0 aliphatic heterocycles. The highest BCUT2D eigenvalue weighted by atomic mass is 79.9. The normalized spacial score (nSPS) is 11.0. The molecule has 1 aromatic heterocycles. The summed E-state index contributed by atoms with van der Waals surface area (Å²) in [5.41, 5.74) is 5.75. The van der Waals surface area contributed by atoms with Crippen LogP contribution in [0.5, 0.6) is 0 Å². The van der Waals surface area contributed by atoms with Gasteiger partial charge in [-0.1, -0.05) is 46.3 Å². The third-order valence-corrected chi connectivity index (χ3v) is 3.75. The van der Waals surface area contributed by atoms with Crippen LogP contribution < -0.4 is 0 Å². The topological polar surface area (TPSA) is 28.7 Å². The molecule has 0 unspecified atom stereocenters. The monoisotopic (exact) mass is 300 g/mol. The summed E-state index contributed by atoms with van der Waals surface area (Å²) in [6.45, 7) is 2.10. The first-order valence-corrected chi connectivity index (χ1v) is 7.00. The van der Waals surface area contributed by atoms with Crippen molar-refractivity contribution in [2.24, 2.45) is 0 Å². The first-order chi connectivity index (χ1) is 8.78. The third kappa shape index (κ3) is 1.95. The van der Waals surface area contributed by atoms with E-state index in [2.05, 4.69) is 63.2 Å². The van der Waals surface area contributed by atoms with Crippen molar-refractivity contribution in [3.05, 3.63) is 53.6 Å². The summed E-state index contributed by atoms with van der Waals surface area (Å²) in [5.74, 6) is 0.940. The largest absolute Gasteiger partial charge is 0.338 e. The van der Waals surface area contributed by atoms with Crippen LogP contribution in [0.15, 0.2) is 42.5 Å². The van der Waals surface area contributed by atoms with Gasteiger partial charge in [-0.3, -0.25) is 0 Å². The molecule has 2 nitrogen and oxygen atoms in total. The van der Waals surface area contributed by atoms with Gasteiger partial charge in [0.1, 0.15) is 5.82 Å². The van der Waals surface area contributed by atoms with E-state index in [1.807, 2.05) is 12.1 Å². The summed E-state index contributed by atoms with van der Waals surface area (Å²) in [5, 5.41) is 0.863. The van der Waals surface area contributed by atoms with Crippen LogP contribution in [0.4, 0.5) is 0 Å². The number of aromatic amines is 1. The molecule has 1 N–H and O–H groups in total. The zero-order valence-electron chi connectivity index (χ0n) is 10.1. The van der Waals surface area contributed by atoms with E-state index in [-0.39, 0.29) is 0 Å². The van der Waals surface area contributed by atoms with Gasteiger partial charge in [-0.25, -0.2) is 4.98 Å². The van der Waals surface area contributed by atoms with E-state index in [1.54, 1.807) is 0 Å². The maximum Gasteiger partial charge on any atom is 0.138 e. The highest BCUT2D eigenvalue weighted by Gasteiger charge is 2.07. The average molecular weight is 301 g/mol. The summed E-state index contributed by atoms with van der Waals surface area (Å²) < 4.78 is 0. The fraction of sp³-hybridized carbons (Fsp3) is 0.133. The second-order valence-electron chi connectivity index (χ2n) is 4.39. The Bertz CT molecular complexity index is 701. The van der Waals surface area contributed by atoms with Gasteiger partial charge in [0.15, 0.2) is 0 Å². The zero-order valence-corrected chi connectivity index (χ0v) is 11.7. The first-order valence-electron chi connectivity index (χ1n) is 5.88. The fourth-order valence-corrected chi connectivity index (χ4v) is 2.45. The highest BCUT2D eigenvalue weighted by molar-refractivity contribution is 9.08. The summed E-state index contributed by atoms with van der Waals surface area (Å²) in [7, 11) is 0. The van der Waals surface area contributed by atoms with Crippen LogP contribution in [0.1, 0.15) is 11.1 Å². The minimum atomic E-state index is 0.863. The van der Waals surface area contributed by atoms with Crippen LogP contribution >= 0.6 is 15.9 Å². The minimum Gasteiger partial charge on any atom is -0.338 e. The van der Waals surface area contributed by atoms with Crippen LogP contribution in [-0.2, 0) is 5.33 Å². The van der Waals surface area contributed by atoms with E-state index in [0.29, 0.717) is 0 Å². The Kier molecular flexibility index (Phi) is 2.92. The van der Waals surface area contributed by atoms with Crippen molar-refractivity contribution >= 4 is 27.0 Å². The van der Waals surface area contributed by atoms with E-state index in [1.165, 1.54) is 11.1 Å². The Balaban J connectivity index is 2.17. The molecule has 0 saturated carbocycles. The number of hydrogen-bond donors (Lipinski definition) is 1. The number of fused-ring (bicyclic) bond motifs is 1. The Labute approximate surface area is 114 Å². The lowest BCUT2D eigenvalue weighted by Crippen LogP contribution is -1.83. The van der Waals surface area contributed by atoms with Gasteiger partial charge in [-0.15, -0.1) is 0 Å². The molecule has 18 heavy (non-hydrogen) atoms. The number of halogens is 1. The predicted octanol–water partition coefficient (Wildman–Crippen LogP) is 4.43. The number of hydrogen-bond acceptors (Lipinski definition) is 1. The maximum atomic E-state index is 4.65. The van der Waals surface area contributed by atoms with Gasteiger partial charge >= 0.3 is 0 Å². The summed E-state index contributed by atoms with van der Waals surface area (Å²) in [4.78, 5) is 8.04. The van der Waals surface area contributed by atoms with Crippen molar-refractivity contribution in [1.29, 1.82) is 0 Å². The van der Waals surface area contributed by atoms with Crippen LogP contribution in [0, 0.1) is 6.92 Å². The Morgan fingerprint density at radius 2 is 2.00 bits per heavy atom. The number of aryl methyl sites for hydroxylation is 1. The van der Waals surface area contributed by atoms with Gasteiger partial charge in [0.05, 0.1) is 11.0 Å². The van der Waals surface area contributed by atoms with Gasteiger partial charge < -0.3 is 4.98 Å². The van der Waals surface area contributed by atoms with Crippen molar-refractivity contribution in [2.75, 3.05) is 0 Å². The molecule has 3 aromatic rings. The zero-order chi connectivity index (χ0) is 12.5. The van der Waals surface area contributed by atoms with Crippen molar-refractivity contribution in [3.8, 4) is 11.4 Å². The lowest BCUT2D eigenvalue weighted by molar-refractivity contribution is 1.31. The molecule has 0 atom stereocenters. The standard InChI is InChI=1S/C15H13BrN2/c1-10-4-2-3-5-12(10)15-17-13-7-6-11(9-16)8-14(13)18-15/h2-8H,9H2,1H3,(H,17,18). The molecule has 0 amide bonds. The molecule has 2 aromatic carbocycles. The number of imidazole rings is 1. The van der Waals surface area contributed by atoms with E-state index in [9.17, 15) is 0 Å².